The molecule has 2 heterocycles. The molecule has 4 nitrogen and oxygen atoms in total. The molecule has 0 saturated heterocycles. The van der Waals surface area contributed by atoms with Gasteiger partial charge in [-0.25, -0.2) is 0 Å². The third-order valence-corrected chi connectivity index (χ3v) is 3.22. The fourth-order valence-corrected chi connectivity index (χ4v) is 2.26. The summed E-state index contributed by atoms with van der Waals surface area (Å²) < 4.78 is 7.43. The predicted octanol–water partition coefficient (Wildman–Crippen LogP) is 3.33. The normalized spacial score (nSPS) is 11.3. The van der Waals surface area contributed by atoms with Crippen molar-refractivity contribution in [3.05, 3.63) is 47.7 Å². The third-order valence-electron chi connectivity index (χ3n) is 3.22. The van der Waals surface area contributed by atoms with Crippen LogP contribution in [0.1, 0.15) is 30.6 Å². The Morgan fingerprint density at radius 3 is 3.00 bits per heavy atom. The van der Waals surface area contributed by atoms with Gasteiger partial charge in [-0.05, 0) is 36.4 Å². The summed E-state index contributed by atoms with van der Waals surface area (Å²) in [6.07, 6.45) is 3.97. The van der Waals surface area contributed by atoms with Crippen LogP contribution in [0.2, 0.25) is 0 Å². The molecule has 0 atom stereocenters. The number of benzene rings is 1. The van der Waals surface area contributed by atoms with Crippen molar-refractivity contribution >= 4 is 10.9 Å². The van der Waals surface area contributed by atoms with Crippen LogP contribution >= 0.6 is 0 Å². The number of aromatic nitrogens is 3. The second kappa shape index (κ2) is 4.88. The van der Waals surface area contributed by atoms with Gasteiger partial charge in [-0.1, -0.05) is 24.2 Å². The molecule has 98 valence electrons. The molecule has 0 aliphatic carbocycles. The van der Waals surface area contributed by atoms with Crippen LogP contribution in [-0.4, -0.2) is 14.7 Å². The highest BCUT2D eigenvalue weighted by atomic mass is 16.5. The molecule has 0 aliphatic rings. The third kappa shape index (κ3) is 2.38. The molecule has 0 unspecified atom stereocenters. The molecule has 0 saturated carbocycles. The first-order valence-corrected chi connectivity index (χ1v) is 6.63. The number of aryl methyl sites for hydroxylation is 2. The number of hydrogen-bond acceptors (Lipinski definition) is 3. The van der Waals surface area contributed by atoms with E-state index >= 15 is 0 Å². The first-order chi connectivity index (χ1) is 9.26. The van der Waals surface area contributed by atoms with Gasteiger partial charge in [0.15, 0.2) is 5.82 Å². The predicted molar refractivity (Wildman–Crippen MR) is 74.1 cm³/mol. The van der Waals surface area contributed by atoms with Crippen molar-refractivity contribution in [3.8, 4) is 0 Å². The summed E-state index contributed by atoms with van der Waals surface area (Å²) in [5.74, 6) is 1.47. The minimum absolute atomic E-state index is 0.629. The van der Waals surface area contributed by atoms with Gasteiger partial charge in [0, 0.05) is 18.1 Å². The van der Waals surface area contributed by atoms with Gasteiger partial charge in [0.1, 0.15) is 6.54 Å². The zero-order chi connectivity index (χ0) is 13.2. The molecule has 0 amide bonds. The van der Waals surface area contributed by atoms with Crippen LogP contribution in [0, 0.1) is 6.92 Å². The molecule has 19 heavy (non-hydrogen) atoms. The van der Waals surface area contributed by atoms with E-state index in [0.29, 0.717) is 12.4 Å². The molecule has 1 aromatic carbocycles. The van der Waals surface area contributed by atoms with E-state index in [4.69, 9.17) is 4.52 Å². The maximum Gasteiger partial charge on any atom is 0.246 e. The van der Waals surface area contributed by atoms with E-state index in [-0.39, 0.29) is 0 Å². The Balaban J connectivity index is 1.89. The fourth-order valence-electron chi connectivity index (χ4n) is 2.26. The minimum Gasteiger partial charge on any atom is -0.338 e. The summed E-state index contributed by atoms with van der Waals surface area (Å²) in [6, 6.07) is 8.55. The van der Waals surface area contributed by atoms with Crippen LogP contribution in [-0.2, 0) is 13.0 Å². The highest BCUT2D eigenvalue weighted by molar-refractivity contribution is 5.80. The number of hydrogen-bond donors (Lipinski definition) is 0. The van der Waals surface area contributed by atoms with Crippen molar-refractivity contribution < 1.29 is 4.52 Å². The van der Waals surface area contributed by atoms with E-state index in [2.05, 4.69) is 59.0 Å². The molecule has 3 aromatic rings. The molecule has 0 aliphatic heterocycles. The molecular formula is C15H17N3O. The van der Waals surface area contributed by atoms with Gasteiger partial charge in [0.25, 0.3) is 0 Å². The summed E-state index contributed by atoms with van der Waals surface area (Å²) in [7, 11) is 0. The highest BCUT2D eigenvalue weighted by Gasteiger charge is 2.08. The zero-order valence-corrected chi connectivity index (χ0v) is 11.3. The average molecular weight is 255 g/mol. The van der Waals surface area contributed by atoms with Gasteiger partial charge in [-0.3, -0.25) is 0 Å². The Labute approximate surface area is 112 Å². The Hall–Kier alpha value is -2.10. The first kappa shape index (κ1) is 12.0. The summed E-state index contributed by atoms with van der Waals surface area (Å²) in [5.41, 5.74) is 2.46. The molecule has 3 rings (SSSR count). The molecule has 0 N–H and O–H groups in total. The summed E-state index contributed by atoms with van der Waals surface area (Å²) in [5, 5.41) is 5.22. The van der Waals surface area contributed by atoms with Crippen LogP contribution < -0.4 is 0 Å². The van der Waals surface area contributed by atoms with Gasteiger partial charge >= 0.3 is 0 Å². The lowest BCUT2D eigenvalue weighted by atomic mass is 10.2. The lowest BCUT2D eigenvalue weighted by molar-refractivity contribution is 0.367. The molecule has 0 bridgehead atoms. The molecular weight excluding hydrogens is 238 g/mol. The smallest absolute Gasteiger partial charge is 0.246 e. The lowest BCUT2D eigenvalue weighted by Gasteiger charge is -2.02. The summed E-state index contributed by atoms with van der Waals surface area (Å²) >= 11 is 0. The van der Waals surface area contributed by atoms with Crippen molar-refractivity contribution in [2.75, 3.05) is 0 Å². The molecule has 0 spiro atoms. The summed E-state index contributed by atoms with van der Waals surface area (Å²) in [6.45, 7) is 4.84. The summed E-state index contributed by atoms with van der Waals surface area (Å²) in [4.78, 5) is 4.41. The van der Waals surface area contributed by atoms with Crippen molar-refractivity contribution in [2.24, 2.45) is 0 Å². The monoisotopic (exact) mass is 255 g/mol. The number of fused-ring (bicyclic) bond motifs is 1. The van der Waals surface area contributed by atoms with Crippen LogP contribution in [0.3, 0.4) is 0 Å². The first-order valence-electron chi connectivity index (χ1n) is 6.63. The SMILES string of the molecule is CCCc1noc(Cn2ccc3ccc(C)cc32)n1. The second-order valence-corrected chi connectivity index (χ2v) is 4.86. The van der Waals surface area contributed by atoms with E-state index in [1.807, 2.05) is 0 Å². The quantitative estimate of drug-likeness (QED) is 0.718. The van der Waals surface area contributed by atoms with E-state index in [9.17, 15) is 0 Å². The Bertz CT molecular complexity index is 696. The Morgan fingerprint density at radius 2 is 2.16 bits per heavy atom. The van der Waals surface area contributed by atoms with E-state index in [1.54, 1.807) is 0 Å². The zero-order valence-electron chi connectivity index (χ0n) is 11.3. The van der Waals surface area contributed by atoms with E-state index in [0.717, 1.165) is 18.7 Å². The topological polar surface area (TPSA) is 43.9 Å². The van der Waals surface area contributed by atoms with Crippen LogP contribution in [0.5, 0.6) is 0 Å². The second-order valence-electron chi connectivity index (χ2n) is 4.86. The van der Waals surface area contributed by atoms with Crippen LogP contribution in [0.15, 0.2) is 35.0 Å². The number of rotatable bonds is 4. The Morgan fingerprint density at radius 1 is 1.26 bits per heavy atom. The fraction of sp³-hybridized carbons (Fsp3) is 0.333. The van der Waals surface area contributed by atoms with Gasteiger partial charge in [0.05, 0.1) is 0 Å². The molecule has 0 radical (unpaired) electrons. The van der Waals surface area contributed by atoms with E-state index in [1.165, 1.54) is 16.5 Å². The van der Waals surface area contributed by atoms with Gasteiger partial charge in [0.2, 0.25) is 5.89 Å². The van der Waals surface area contributed by atoms with Gasteiger partial charge in [-0.2, -0.15) is 4.98 Å². The molecule has 0 fully saturated rings. The van der Waals surface area contributed by atoms with Gasteiger partial charge in [-0.15, -0.1) is 0 Å². The van der Waals surface area contributed by atoms with Crippen LogP contribution in [0.25, 0.3) is 10.9 Å². The van der Waals surface area contributed by atoms with Crippen LogP contribution in [0.4, 0.5) is 0 Å². The molecule has 4 heteroatoms. The lowest BCUT2D eigenvalue weighted by Crippen LogP contribution is -1.98. The largest absolute Gasteiger partial charge is 0.338 e. The minimum atomic E-state index is 0.629. The standard InChI is InChI=1S/C15H17N3O/c1-3-4-14-16-15(19-17-14)10-18-8-7-12-6-5-11(2)9-13(12)18/h5-9H,3-4,10H2,1-2H3. The molecule has 2 aromatic heterocycles. The van der Waals surface area contributed by atoms with Crippen molar-refractivity contribution in [1.29, 1.82) is 0 Å². The maximum absolute atomic E-state index is 5.29. The van der Waals surface area contributed by atoms with Crippen molar-refractivity contribution in [3.63, 3.8) is 0 Å². The number of nitrogens with zero attached hydrogens (tertiary/aromatic N) is 3. The van der Waals surface area contributed by atoms with E-state index < -0.39 is 0 Å². The maximum atomic E-state index is 5.29. The van der Waals surface area contributed by atoms with Crippen molar-refractivity contribution in [1.82, 2.24) is 14.7 Å². The average Bonchev–Trinajstić information content (AvgIpc) is 2.98. The highest BCUT2D eigenvalue weighted by Crippen LogP contribution is 2.18. The van der Waals surface area contributed by atoms with Crippen molar-refractivity contribution in [2.45, 2.75) is 33.2 Å². The Kier molecular flexibility index (Phi) is 3.07. The van der Waals surface area contributed by atoms with Gasteiger partial charge < -0.3 is 9.09 Å².